The molecule has 3 rings (SSSR count). The van der Waals surface area contributed by atoms with Crippen molar-refractivity contribution >= 4 is 17.2 Å². The molecule has 1 saturated heterocycles. The van der Waals surface area contributed by atoms with Crippen molar-refractivity contribution in [2.45, 2.75) is 24.7 Å². The summed E-state index contributed by atoms with van der Waals surface area (Å²) in [5.74, 6) is 0.0567. The zero-order valence-electron chi connectivity index (χ0n) is 13.9. The Hall–Kier alpha value is -0.990. The Morgan fingerprint density at radius 3 is 2.74 bits per heavy atom. The maximum atomic E-state index is 12.8. The summed E-state index contributed by atoms with van der Waals surface area (Å²) in [6, 6.07) is 1.91. The van der Waals surface area contributed by atoms with E-state index in [2.05, 4.69) is 11.9 Å². The van der Waals surface area contributed by atoms with E-state index >= 15 is 0 Å². The third-order valence-corrected chi connectivity index (χ3v) is 5.98. The van der Waals surface area contributed by atoms with Crippen LogP contribution in [0, 0.1) is 0 Å². The number of hydrogen-bond donors (Lipinski definition) is 1. The van der Waals surface area contributed by atoms with Crippen molar-refractivity contribution in [2.75, 3.05) is 47.4 Å². The smallest absolute Gasteiger partial charge is 0.264 e. The fraction of sp³-hybridized carbons (Fsp3) is 0.688. The molecule has 1 aromatic rings. The number of amides is 1. The first-order valence-electron chi connectivity index (χ1n) is 7.95. The lowest BCUT2D eigenvalue weighted by atomic mass is 10.1. The van der Waals surface area contributed by atoms with Crippen molar-refractivity contribution < 1.29 is 14.3 Å². The van der Waals surface area contributed by atoms with Crippen LogP contribution in [0.15, 0.2) is 6.07 Å². The molecule has 7 heteroatoms. The highest BCUT2D eigenvalue weighted by Gasteiger charge is 2.35. The molecule has 0 saturated carbocycles. The maximum absolute atomic E-state index is 12.8. The molecule has 2 N–H and O–H groups in total. The van der Waals surface area contributed by atoms with Gasteiger partial charge >= 0.3 is 0 Å². The molecule has 2 aliphatic heterocycles. The normalized spacial score (nSPS) is 28.7. The van der Waals surface area contributed by atoms with Crippen molar-refractivity contribution in [3.8, 4) is 0 Å². The van der Waals surface area contributed by atoms with E-state index in [1.807, 2.05) is 6.07 Å². The van der Waals surface area contributed by atoms with Crippen molar-refractivity contribution in [3.63, 3.8) is 0 Å². The number of fused-ring (bicyclic) bond motifs is 1. The van der Waals surface area contributed by atoms with Crippen LogP contribution < -0.4 is 5.73 Å². The van der Waals surface area contributed by atoms with Gasteiger partial charge < -0.3 is 25.0 Å². The van der Waals surface area contributed by atoms with Crippen LogP contribution in [0.25, 0.3) is 0 Å². The van der Waals surface area contributed by atoms with Crippen LogP contribution in [0.3, 0.4) is 0 Å². The van der Waals surface area contributed by atoms with Gasteiger partial charge in [-0.15, -0.1) is 11.3 Å². The van der Waals surface area contributed by atoms with Crippen LogP contribution in [0.5, 0.6) is 0 Å². The van der Waals surface area contributed by atoms with Gasteiger partial charge in [-0.2, -0.15) is 0 Å². The number of likely N-dealkylation sites (tertiary alicyclic amines) is 1. The highest BCUT2D eigenvalue weighted by molar-refractivity contribution is 7.14. The van der Waals surface area contributed by atoms with Crippen LogP contribution in [0.4, 0.5) is 0 Å². The first-order valence-corrected chi connectivity index (χ1v) is 8.76. The highest BCUT2D eigenvalue weighted by atomic mass is 32.1. The van der Waals surface area contributed by atoms with E-state index in [0.29, 0.717) is 13.1 Å². The molecule has 3 heterocycles. The lowest BCUT2D eigenvalue weighted by Gasteiger charge is -2.19. The molecule has 3 unspecified atom stereocenters. The monoisotopic (exact) mass is 339 g/mol. The van der Waals surface area contributed by atoms with Gasteiger partial charge in [0.05, 0.1) is 23.1 Å². The maximum Gasteiger partial charge on any atom is 0.264 e. The quantitative estimate of drug-likeness (QED) is 0.879. The van der Waals surface area contributed by atoms with Gasteiger partial charge in [-0.25, -0.2) is 0 Å². The Morgan fingerprint density at radius 1 is 1.30 bits per heavy atom. The van der Waals surface area contributed by atoms with Gasteiger partial charge in [0, 0.05) is 45.3 Å². The number of hydrogen-bond acceptors (Lipinski definition) is 6. The molecule has 0 spiro atoms. The number of likely N-dealkylation sites (N-methyl/N-ethyl adjacent to an activating group) is 1. The first kappa shape index (κ1) is 16.9. The molecule has 128 valence electrons. The second-order valence-electron chi connectivity index (χ2n) is 6.37. The molecule has 3 atom stereocenters. The summed E-state index contributed by atoms with van der Waals surface area (Å²) in [4.78, 5) is 18.9. The molecule has 2 aliphatic rings. The van der Waals surface area contributed by atoms with Crippen LogP contribution in [-0.2, 0) is 15.9 Å². The van der Waals surface area contributed by atoms with Crippen LogP contribution in [0.2, 0.25) is 0 Å². The van der Waals surface area contributed by atoms with Crippen molar-refractivity contribution in [3.05, 3.63) is 21.4 Å². The van der Waals surface area contributed by atoms with Crippen LogP contribution >= 0.6 is 11.3 Å². The van der Waals surface area contributed by atoms with Crippen molar-refractivity contribution in [1.82, 2.24) is 9.80 Å². The standard InChI is InChI=1S/C16H25N3O3S/c1-18-5-4-14-10(12(8-18)21-2)6-15(23-14)16(20)19-7-11(17)13(9-19)22-3/h6,11-13H,4-5,7-9,17H2,1-3H3. The SMILES string of the molecule is COC1CN(C)CCc2sc(C(=O)N3CC(N)C(OC)C3)cc21. The van der Waals surface area contributed by atoms with Crippen LogP contribution in [-0.4, -0.2) is 75.3 Å². The highest BCUT2D eigenvalue weighted by Crippen LogP contribution is 2.33. The third kappa shape index (κ3) is 3.29. The molecule has 0 aromatic carbocycles. The number of carbonyl (C=O) groups excluding carboxylic acids is 1. The van der Waals surface area contributed by atoms with E-state index in [-0.39, 0.29) is 24.2 Å². The number of nitrogens with two attached hydrogens (primary N) is 1. The summed E-state index contributed by atoms with van der Waals surface area (Å²) in [5, 5.41) is 0. The topological polar surface area (TPSA) is 68.0 Å². The van der Waals surface area contributed by atoms with E-state index in [1.54, 1.807) is 30.5 Å². The second kappa shape index (κ2) is 6.86. The van der Waals surface area contributed by atoms with Gasteiger partial charge in [-0.05, 0) is 25.1 Å². The largest absolute Gasteiger partial charge is 0.378 e. The Kier molecular flexibility index (Phi) is 5.03. The number of nitrogens with zero attached hydrogens (tertiary/aromatic N) is 2. The molecule has 0 radical (unpaired) electrons. The van der Waals surface area contributed by atoms with Gasteiger partial charge in [0.15, 0.2) is 0 Å². The molecular formula is C16H25N3O3S. The Balaban J connectivity index is 1.80. The molecule has 1 aromatic heterocycles. The fourth-order valence-corrected chi connectivity index (χ4v) is 4.52. The fourth-order valence-electron chi connectivity index (χ4n) is 3.35. The Morgan fingerprint density at radius 2 is 2.09 bits per heavy atom. The van der Waals surface area contributed by atoms with Gasteiger partial charge in [0.2, 0.25) is 0 Å². The van der Waals surface area contributed by atoms with Gasteiger partial charge in [-0.1, -0.05) is 0 Å². The van der Waals surface area contributed by atoms with E-state index in [1.165, 1.54) is 4.88 Å². The Labute approximate surface area is 141 Å². The zero-order chi connectivity index (χ0) is 16.6. The molecule has 1 amide bonds. The Bertz CT molecular complexity index is 577. The second-order valence-corrected chi connectivity index (χ2v) is 7.51. The summed E-state index contributed by atoms with van der Waals surface area (Å²) in [6.45, 7) is 2.96. The summed E-state index contributed by atoms with van der Waals surface area (Å²) < 4.78 is 11.0. The number of thiophene rings is 1. The summed E-state index contributed by atoms with van der Waals surface area (Å²) in [7, 11) is 5.48. The number of methoxy groups -OCH3 is 2. The number of ether oxygens (including phenoxy) is 2. The molecule has 1 fully saturated rings. The van der Waals surface area contributed by atoms with Gasteiger partial charge in [0.25, 0.3) is 5.91 Å². The molecule has 23 heavy (non-hydrogen) atoms. The van der Waals surface area contributed by atoms with Crippen molar-refractivity contribution in [1.29, 1.82) is 0 Å². The van der Waals surface area contributed by atoms with E-state index < -0.39 is 0 Å². The lowest BCUT2D eigenvalue weighted by molar-refractivity contribution is 0.0717. The van der Waals surface area contributed by atoms with E-state index in [0.717, 1.165) is 30.0 Å². The zero-order valence-corrected chi connectivity index (χ0v) is 14.8. The minimum absolute atomic E-state index is 0.0304. The van der Waals surface area contributed by atoms with Gasteiger partial charge in [-0.3, -0.25) is 4.79 Å². The van der Waals surface area contributed by atoms with Crippen LogP contribution in [0.1, 0.15) is 26.2 Å². The molecule has 0 bridgehead atoms. The lowest BCUT2D eigenvalue weighted by Crippen LogP contribution is -2.34. The predicted molar refractivity (Wildman–Crippen MR) is 89.9 cm³/mol. The minimum atomic E-state index is -0.109. The average Bonchev–Trinajstić information content (AvgIpc) is 3.09. The number of carbonyl (C=O) groups is 1. The number of rotatable bonds is 3. The van der Waals surface area contributed by atoms with Crippen molar-refractivity contribution in [2.24, 2.45) is 5.73 Å². The first-order chi connectivity index (χ1) is 11.0. The summed E-state index contributed by atoms with van der Waals surface area (Å²) >= 11 is 1.60. The minimum Gasteiger partial charge on any atom is -0.378 e. The summed E-state index contributed by atoms with van der Waals surface area (Å²) in [5.41, 5.74) is 7.20. The predicted octanol–water partition coefficient (Wildman–Crippen LogP) is 0.722. The summed E-state index contributed by atoms with van der Waals surface area (Å²) in [6.07, 6.45) is 0.920. The van der Waals surface area contributed by atoms with E-state index in [4.69, 9.17) is 15.2 Å². The molecule has 6 nitrogen and oxygen atoms in total. The molecule has 0 aliphatic carbocycles. The molecular weight excluding hydrogens is 314 g/mol. The van der Waals surface area contributed by atoms with E-state index in [9.17, 15) is 4.79 Å². The third-order valence-electron chi connectivity index (χ3n) is 4.78. The van der Waals surface area contributed by atoms with Gasteiger partial charge in [0.1, 0.15) is 0 Å². The average molecular weight is 339 g/mol.